The van der Waals surface area contributed by atoms with Crippen LogP contribution in [0.1, 0.15) is 5.56 Å². The number of rotatable bonds is 3. The Bertz CT molecular complexity index is 1190. The van der Waals surface area contributed by atoms with E-state index in [1.165, 1.54) is 6.33 Å². The summed E-state index contributed by atoms with van der Waals surface area (Å²) in [5.41, 5.74) is 7.24. The quantitative estimate of drug-likeness (QED) is 0.541. The zero-order chi connectivity index (χ0) is 19.0. The summed E-state index contributed by atoms with van der Waals surface area (Å²) in [5.74, 6) is 1.38. The first-order valence-corrected chi connectivity index (χ1v) is 8.38. The van der Waals surface area contributed by atoms with Crippen LogP contribution in [0.5, 0.6) is 0 Å². The highest BCUT2D eigenvalue weighted by Crippen LogP contribution is 2.32. The van der Waals surface area contributed by atoms with Crippen molar-refractivity contribution in [2.45, 2.75) is 0 Å². The Morgan fingerprint density at radius 3 is 2.44 bits per heavy atom. The SMILES string of the molecule is N#Cc1cc(Cl)c(-n2ncc3cnc(Nc4cc(N)ncn4)cc32)c(Cl)c1. The second-order valence-corrected chi connectivity index (χ2v) is 6.35. The smallest absolute Gasteiger partial charge is 0.137 e. The number of nitriles is 1. The topological polar surface area (TPSA) is 118 Å². The Morgan fingerprint density at radius 1 is 1.00 bits per heavy atom. The summed E-state index contributed by atoms with van der Waals surface area (Å²) in [6, 6.07) is 8.48. The highest BCUT2D eigenvalue weighted by Gasteiger charge is 2.15. The third-order valence-corrected chi connectivity index (χ3v) is 4.33. The number of hydrogen-bond donors (Lipinski definition) is 2. The van der Waals surface area contributed by atoms with Crippen LogP contribution in [0, 0.1) is 11.3 Å². The Balaban J connectivity index is 1.81. The van der Waals surface area contributed by atoms with Crippen LogP contribution in [0.2, 0.25) is 10.0 Å². The normalized spacial score (nSPS) is 10.7. The lowest BCUT2D eigenvalue weighted by Gasteiger charge is -2.10. The van der Waals surface area contributed by atoms with E-state index in [1.807, 2.05) is 6.07 Å². The highest BCUT2D eigenvalue weighted by atomic mass is 35.5. The first kappa shape index (κ1) is 17.0. The predicted molar refractivity (Wildman–Crippen MR) is 103 cm³/mol. The molecule has 0 aliphatic carbocycles. The van der Waals surface area contributed by atoms with E-state index in [2.05, 4.69) is 25.4 Å². The van der Waals surface area contributed by atoms with E-state index in [9.17, 15) is 0 Å². The number of pyridine rings is 1. The van der Waals surface area contributed by atoms with Crippen LogP contribution in [-0.2, 0) is 0 Å². The van der Waals surface area contributed by atoms with E-state index in [1.54, 1.807) is 41.3 Å². The molecule has 3 heterocycles. The van der Waals surface area contributed by atoms with Crippen molar-refractivity contribution >= 4 is 51.6 Å². The van der Waals surface area contributed by atoms with Gasteiger partial charge in [0, 0.05) is 23.7 Å². The van der Waals surface area contributed by atoms with Gasteiger partial charge in [0.15, 0.2) is 0 Å². The molecule has 0 fully saturated rings. The molecule has 0 atom stereocenters. The molecule has 3 aromatic heterocycles. The summed E-state index contributed by atoms with van der Waals surface area (Å²) >= 11 is 12.7. The van der Waals surface area contributed by atoms with Crippen LogP contribution < -0.4 is 11.1 Å². The molecular weight excluding hydrogens is 387 g/mol. The van der Waals surface area contributed by atoms with Crippen LogP contribution in [0.15, 0.2) is 43.0 Å². The molecule has 0 saturated carbocycles. The van der Waals surface area contributed by atoms with Crippen LogP contribution in [0.3, 0.4) is 0 Å². The summed E-state index contributed by atoms with van der Waals surface area (Å²) in [6.45, 7) is 0. The number of nitrogens with two attached hydrogens (primary N) is 1. The standard InChI is InChI=1S/C17H10Cl2N8/c18-11-1-9(5-20)2-12(19)17(11)27-13-3-15(22-6-10(13)7-25-27)26-16-4-14(21)23-8-24-16/h1-4,6-8H,(H3,21,22,23,24,26). The van der Waals surface area contributed by atoms with Gasteiger partial charge in [-0.3, -0.25) is 0 Å². The third-order valence-electron chi connectivity index (χ3n) is 3.75. The van der Waals surface area contributed by atoms with Crippen LogP contribution >= 0.6 is 23.2 Å². The zero-order valence-corrected chi connectivity index (χ0v) is 15.1. The van der Waals surface area contributed by atoms with E-state index in [-0.39, 0.29) is 0 Å². The number of fused-ring (bicyclic) bond motifs is 1. The number of nitrogens with one attached hydrogen (secondary N) is 1. The second-order valence-electron chi connectivity index (χ2n) is 5.54. The summed E-state index contributed by atoms with van der Waals surface area (Å²) in [5, 5.41) is 17.9. The number of anilines is 3. The summed E-state index contributed by atoms with van der Waals surface area (Å²) < 4.78 is 1.60. The van der Waals surface area contributed by atoms with Gasteiger partial charge >= 0.3 is 0 Å². The monoisotopic (exact) mass is 396 g/mol. The average Bonchev–Trinajstić information content (AvgIpc) is 3.04. The number of nitrogen functional groups attached to an aromatic ring is 1. The van der Waals surface area contributed by atoms with Gasteiger partial charge in [0.1, 0.15) is 29.5 Å². The largest absolute Gasteiger partial charge is 0.384 e. The van der Waals surface area contributed by atoms with Gasteiger partial charge in [-0.25, -0.2) is 19.6 Å². The molecule has 0 saturated heterocycles. The van der Waals surface area contributed by atoms with Gasteiger partial charge in [-0.15, -0.1) is 0 Å². The van der Waals surface area contributed by atoms with Gasteiger partial charge in [-0.2, -0.15) is 10.4 Å². The number of aromatic nitrogens is 5. The third kappa shape index (κ3) is 3.21. The average molecular weight is 397 g/mol. The minimum atomic E-state index is 0.318. The van der Waals surface area contributed by atoms with Crippen molar-refractivity contribution in [3.05, 3.63) is 58.6 Å². The molecule has 27 heavy (non-hydrogen) atoms. The molecule has 0 aliphatic heterocycles. The first-order chi connectivity index (χ1) is 13.0. The van der Waals surface area contributed by atoms with Crippen molar-refractivity contribution in [1.29, 1.82) is 5.26 Å². The Kier molecular flexibility index (Phi) is 4.24. The molecule has 0 aliphatic rings. The molecule has 132 valence electrons. The van der Waals surface area contributed by atoms with E-state index in [0.717, 1.165) is 10.9 Å². The number of benzene rings is 1. The van der Waals surface area contributed by atoms with Gasteiger partial charge in [-0.05, 0) is 12.1 Å². The van der Waals surface area contributed by atoms with E-state index >= 15 is 0 Å². The van der Waals surface area contributed by atoms with Crippen molar-refractivity contribution in [1.82, 2.24) is 24.7 Å². The molecule has 4 rings (SSSR count). The van der Waals surface area contributed by atoms with Crippen molar-refractivity contribution in [3.8, 4) is 11.8 Å². The Labute approximate surface area is 163 Å². The fraction of sp³-hybridized carbons (Fsp3) is 0. The maximum atomic E-state index is 9.05. The van der Waals surface area contributed by atoms with Gasteiger partial charge in [0.05, 0.1) is 33.4 Å². The summed E-state index contributed by atoms with van der Waals surface area (Å²) in [4.78, 5) is 12.3. The molecule has 0 radical (unpaired) electrons. The maximum absolute atomic E-state index is 9.05. The number of halogens is 2. The van der Waals surface area contributed by atoms with Crippen LogP contribution in [0.4, 0.5) is 17.5 Å². The molecule has 0 spiro atoms. The predicted octanol–water partition coefficient (Wildman–Crippen LogP) is 3.71. The number of hydrogen-bond acceptors (Lipinski definition) is 7. The minimum Gasteiger partial charge on any atom is -0.384 e. The fourth-order valence-electron chi connectivity index (χ4n) is 2.57. The highest BCUT2D eigenvalue weighted by molar-refractivity contribution is 6.38. The maximum Gasteiger partial charge on any atom is 0.137 e. The molecule has 8 nitrogen and oxygen atoms in total. The molecule has 0 amide bonds. The van der Waals surface area contributed by atoms with Crippen LogP contribution in [-0.4, -0.2) is 24.7 Å². The van der Waals surface area contributed by atoms with Crippen molar-refractivity contribution in [3.63, 3.8) is 0 Å². The lowest BCUT2D eigenvalue weighted by atomic mass is 10.2. The fourth-order valence-corrected chi connectivity index (χ4v) is 3.22. The Hall–Kier alpha value is -3.41. The van der Waals surface area contributed by atoms with Gasteiger partial charge in [-0.1, -0.05) is 23.2 Å². The van der Waals surface area contributed by atoms with Crippen LogP contribution in [0.25, 0.3) is 16.6 Å². The molecule has 10 heteroatoms. The molecule has 0 bridgehead atoms. The van der Waals surface area contributed by atoms with Gasteiger partial charge in [0.2, 0.25) is 0 Å². The Morgan fingerprint density at radius 2 is 1.74 bits per heavy atom. The first-order valence-electron chi connectivity index (χ1n) is 7.63. The van der Waals surface area contributed by atoms with Crippen molar-refractivity contribution in [2.24, 2.45) is 0 Å². The molecule has 4 aromatic rings. The van der Waals surface area contributed by atoms with Gasteiger partial charge < -0.3 is 11.1 Å². The minimum absolute atomic E-state index is 0.318. The van der Waals surface area contributed by atoms with Crippen molar-refractivity contribution < 1.29 is 0 Å². The van der Waals surface area contributed by atoms with E-state index in [0.29, 0.717) is 38.7 Å². The van der Waals surface area contributed by atoms with Crippen molar-refractivity contribution in [2.75, 3.05) is 11.1 Å². The summed E-state index contributed by atoms with van der Waals surface area (Å²) in [7, 11) is 0. The van der Waals surface area contributed by atoms with Gasteiger partial charge in [0.25, 0.3) is 0 Å². The lowest BCUT2D eigenvalue weighted by molar-refractivity contribution is 0.910. The number of nitrogens with zero attached hydrogens (tertiary/aromatic N) is 6. The molecular formula is C17H10Cl2N8. The van der Waals surface area contributed by atoms with E-state index in [4.69, 9.17) is 34.2 Å². The molecule has 1 aromatic carbocycles. The summed E-state index contributed by atoms with van der Waals surface area (Å²) in [6.07, 6.45) is 4.67. The molecule has 0 unspecified atom stereocenters. The van der Waals surface area contributed by atoms with E-state index < -0.39 is 0 Å². The molecule has 3 N–H and O–H groups in total. The zero-order valence-electron chi connectivity index (χ0n) is 13.6. The lowest BCUT2D eigenvalue weighted by Crippen LogP contribution is -2.01. The second kappa shape index (κ2) is 6.72.